The van der Waals surface area contributed by atoms with Crippen molar-refractivity contribution >= 4 is 11.9 Å². The number of hydrogen-bond acceptors (Lipinski definition) is 2. The Hall–Kier alpha value is -1.06. The molecule has 0 bridgehead atoms. The highest BCUT2D eigenvalue weighted by atomic mass is 16.4. The lowest BCUT2D eigenvalue weighted by Gasteiger charge is -2.35. The van der Waals surface area contributed by atoms with Crippen LogP contribution >= 0.6 is 0 Å². The van der Waals surface area contributed by atoms with E-state index in [2.05, 4.69) is 13.8 Å². The molecule has 4 heteroatoms. The molecule has 2 unspecified atom stereocenters. The van der Waals surface area contributed by atoms with Crippen LogP contribution in [0.1, 0.15) is 33.1 Å². The minimum absolute atomic E-state index is 0.0595. The summed E-state index contributed by atoms with van der Waals surface area (Å²) in [7, 11) is 0. The van der Waals surface area contributed by atoms with Gasteiger partial charge in [-0.05, 0) is 24.7 Å². The average molecular weight is 225 g/mol. The quantitative estimate of drug-likeness (QED) is 0.772. The summed E-state index contributed by atoms with van der Waals surface area (Å²) in [5, 5.41) is 8.93. The molecule has 2 fully saturated rings. The zero-order valence-corrected chi connectivity index (χ0v) is 9.90. The first-order valence-corrected chi connectivity index (χ1v) is 5.92. The smallest absolute Gasteiger partial charge is 0.307 e. The first kappa shape index (κ1) is 11.4. The second-order valence-corrected chi connectivity index (χ2v) is 5.80. The zero-order chi connectivity index (χ0) is 11.9. The third kappa shape index (κ3) is 1.93. The minimum atomic E-state index is -0.817. The van der Waals surface area contributed by atoms with Crippen LogP contribution in [0, 0.1) is 17.3 Å². The van der Waals surface area contributed by atoms with E-state index in [1.807, 2.05) is 4.90 Å². The molecule has 1 aliphatic carbocycles. The maximum Gasteiger partial charge on any atom is 0.307 e. The number of carbonyl (C=O) groups excluding carboxylic acids is 1. The number of carboxylic acids is 1. The number of aliphatic carboxylic acids is 1. The van der Waals surface area contributed by atoms with Crippen LogP contribution < -0.4 is 0 Å². The van der Waals surface area contributed by atoms with E-state index >= 15 is 0 Å². The van der Waals surface area contributed by atoms with Crippen molar-refractivity contribution in [3.63, 3.8) is 0 Å². The Morgan fingerprint density at radius 2 is 1.88 bits per heavy atom. The molecule has 0 aromatic rings. The summed E-state index contributed by atoms with van der Waals surface area (Å²) in [5.41, 5.74) is 0.193. The van der Waals surface area contributed by atoms with Gasteiger partial charge in [0.1, 0.15) is 0 Å². The van der Waals surface area contributed by atoms with Crippen molar-refractivity contribution in [2.45, 2.75) is 33.1 Å². The van der Waals surface area contributed by atoms with Gasteiger partial charge in [0.05, 0.1) is 11.8 Å². The third-order valence-electron chi connectivity index (χ3n) is 3.90. The lowest BCUT2D eigenvalue weighted by molar-refractivity contribution is -0.156. The Bertz CT molecular complexity index is 324. The van der Waals surface area contributed by atoms with Crippen LogP contribution in [-0.4, -0.2) is 35.0 Å². The third-order valence-corrected chi connectivity index (χ3v) is 3.90. The molecule has 2 rings (SSSR count). The molecule has 2 atom stereocenters. The number of amides is 1. The molecular formula is C12H19NO3. The molecule has 1 aliphatic heterocycles. The average Bonchev–Trinajstić information content (AvgIpc) is 2.42. The molecule has 1 saturated carbocycles. The number of hydrogen-bond donors (Lipinski definition) is 1. The summed E-state index contributed by atoms with van der Waals surface area (Å²) in [6.45, 7) is 5.86. The fourth-order valence-corrected chi connectivity index (χ4v) is 2.63. The number of likely N-dealkylation sites (tertiary alicyclic amines) is 1. The van der Waals surface area contributed by atoms with Crippen LogP contribution in [0.2, 0.25) is 0 Å². The highest BCUT2D eigenvalue weighted by molar-refractivity contribution is 5.86. The summed E-state index contributed by atoms with van der Waals surface area (Å²) in [6.07, 6.45) is 2.42. The van der Waals surface area contributed by atoms with Gasteiger partial charge in [0.2, 0.25) is 5.91 Å². The van der Waals surface area contributed by atoms with Crippen LogP contribution in [-0.2, 0) is 9.59 Å². The van der Waals surface area contributed by atoms with Gasteiger partial charge in [-0.15, -0.1) is 0 Å². The fraction of sp³-hybridized carbons (Fsp3) is 0.833. The van der Waals surface area contributed by atoms with Gasteiger partial charge >= 0.3 is 5.97 Å². The number of carbonyl (C=O) groups is 2. The fourth-order valence-electron chi connectivity index (χ4n) is 2.63. The molecule has 0 radical (unpaired) electrons. The van der Waals surface area contributed by atoms with Gasteiger partial charge in [0.15, 0.2) is 0 Å². The van der Waals surface area contributed by atoms with Crippen molar-refractivity contribution in [1.82, 2.24) is 4.90 Å². The van der Waals surface area contributed by atoms with Gasteiger partial charge in [-0.2, -0.15) is 0 Å². The van der Waals surface area contributed by atoms with Crippen LogP contribution in [0.15, 0.2) is 0 Å². The maximum atomic E-state index is 12.1. The lowest BCUT2D eigenvalue weighted by Crippen LogP contribution is -2.45. The van der Waals surface area contributed by atoms with E-state index < -0.39 is 11.9 Å². The van der Waals surface area contributed by atoms with Gasteiger partial charge in [-0.25, -0.2) is 0 Å². The predicted molar refractivity (Wildman–Crippen MR) is 58.8 cm³/mol. The van der Waals surface area contributed by atoms with Gasteiger partial charge in [0.25, 0.3) is 0 Å². The number of nitrogens with zero attached hydrogens (tertiary/aromatic N) is 1. The molecular weight excluding hydrogens is 206 g/mol. The normalized spacial score (nSPS) is 32.2. The van der Waals surface area contributed by atoms with Crippen molar-refractivity contribution in [1.29, 1.82) is 0 Å². The SMILES string of the molecule is CC1(C)CCN(C(=O)C2CCC2C(=O)O)C1. The van der Waals surface area contributed by atoms with Crippen molar-refractivity contribution < 1.29 is 14.7 Å². The Kier molecular flexibility index (Phi) is 2.68. The van der Waals surface area contributed by atoms with E-state index in [0.717, 1.165) is 25.9 Å². The molecule has 16 heavy (non-hydrogen) atoms. The zero-order valence-electron chi connectivity index (χ0n) is 9.90. The number of rotatable bonds is 2. The summed E-state index contributed by atoms with van der Waals surface area (Å²) in [6, 6.07) is 0. The van der Waals surface area contributed by atoms with Crippen molar-refractivity contribution in [2.24, 2.45) is 17.3 Å². The maximum absolute atomic E-state index is 12.1. The summed E-state index contributed by atoms with van der Waals surface area (Å²) < 4.78 is 0. The summed E-state index contributed by atoms with van der Waals surface area (Å²) in [5.74, 6) is -1.45. The van der Waals surface area contributed by atoms with E-state index in [1.165, 1.54) is 0 Å². The molecule has 1 N–H and O–H groups in total. The topological polar surface area (TPSA) is 57.6 Å². The standard InChI is InChI=1S/C12H19NO3/c1-12(2)5-6-13(7-12)10(14)8-3-4-9(8)11(15)16/h8-9H,3-7H2,1-2H3,(H,15,16). The molecule has 1 saturated heterocycles. The predicted octanol–water partition coefficient (Wildman–Crippen LogP) is 1.36. The summed E-state index contributed by atoms with van der Waals surface area (Å²) >= 11 is 0. The second kappa shape index (κ2) is 3.75. The van der Waals surface area contributed by atoms with E-state index in [0.29, 0.717) is 6.42 Å². The van der Waals surface area contributed by atoms with Gasteiger partial charge < -0.3 is 10.0 Å². The van der Waals surface area contributed by atoms with Gasteiger partial charge in [-0.1, -0.05) is 13.8 Å². The van der Waals surface area contributed by atoms with Crippen LogP contribution in [0.3, 0.4) is 0 Å². The van der Waals surface area contributed by atoms with E-state index in [-0.39, 0.29) is 17.2 Å². The largest absolute Gasteiger partial charge is 0.481 e. The van der Waals surface area contributed by atoms with Crippen molar-refractivity contribution in [3.05, 3.63) is 0 Å². The van der Waals surface area contributed by atoms with Crippen LogP contribution in [0.4, 0.5) is 0 Å². The highest BCUT2D eigenvalue weighted by Crippen LogP contribution is 2.38. The van der Waals surface area contributed by atoms with Gasteiger partial charge in [0, 0.05) is 13.1 Å². The Labute approximate surface area is 95.6 Å². The summed E-state index contributed by atoms with van der Waals surface area (Å²) in [4.78, 5) is 24.8. The molecule has 0 aromatic heterocycles. The molecule has 90 valence electrons. The lowest BCUT2D eigenvalue weighted by atomic mass is 9.73. The molecule has 4 nitrogen and oxygen atoms in total. The molecule has 1 heterocycles. The van der Waals surface area contributed by atoms with Crippen molar-refractivity contribution in [2.75, 3.05) is 13.1 Å². The van der Waals surface area contributed by atoms with Gasteiger partial charge in [-0.3, -0.25) is 9.59 Å². The minimum Gasteiger partial charge on any atom is -0.481 e. The molecule has 1 amide bonds. The Balaban J connectivity index is 1.96. The first-order valence-electron chi connectivity index (χ1n) is 5.92. The van der Waals surface area contributed by atoms with E-state index in [9.17, 15) is 9.59 Å². The van der Waals surface area contributed by atoms with Crippen LogP contribution in [0.5, 0.6) is 0 Å². The monoisotopic (exact) mass is 225 g/mol. The highest BCUT2D eigenvalue weighted by Gasteiger charge is 2.45. The Morgan fingerprint density at radius 1 is 1.25 bits per heavy atom. The van der Waals surface area contributed by atoms with Crippen molar-refractivity contribution in [3.8, 4) is 0 Å². The molecule has 2 aliphatic rings. The van der Waals surface area contributed by atoms with E-state index in [1.54, 1.807) is 0 Å². The van der Waals surface area contributed by atoms with E-state index in [4.69, 9.17) is 5.11 Å². The number of carboxylic acid groups (broad SMARTS) is 1. The molecule has 0 aromatic carbocycles. The first-order chi connectivity index (χ1) is 7.41. The second-order valence-electron chi connectivity index (χ2n) is 5.80. The molecule has 0 spiro atoms. The Morgan fingerprint density at radius 3 is 2.25 bits per heavy atom. The van der Waals surface area contributed by atoms with Crippen LogP contribution in [0.25, 0.3) is 0 Å².